The van der Waals surface area contributed by atoms with Gasteiger partial charge in [0.25, 0.3) is 0 Å². The summed E-state index contributed by atoms with van der Waals surface area (Å²) in [6.07, 6.45) is 11.1. The number of quaternary nitrogens is 1. The molecule has 6 saturated heterocycles. The third kappa shape index (κ3) is 13.5. The van der Waals surface area contributed by atoms with Gasteiger partial charge in [-0.1, -0.05) is 153 Å². The summed E-state index contributed by atoms with van der Waals surface area (Å²) < 4.78 is 11.7. The topological polar surface area (TPSA) is 114 Å². The molecular weight excluding hydrogens is 1410 g/mol. The van der Waals surface area contributed by atoms with Gasteiger partial charge in [-0.05, 0) is 136 Å². The van der Waals surface area contributed by atoms with Crippen LogP contribution in [0.3, 0.4) is 0 Å². The number of fused-ring (bicyclic) bond motifs is 12. The molecule has 6 aromatic carbocycles. The summed E-state index contributed by atoms with van der Waals surface area (Å²) in [6.45, 7) is 13.2. The molecule has 0 aliphatic carbocycles. The second-order valence-corrected chi connectivity index (χ2v) is 22.7. The van der Waals surface area contributed by atoms with E-state index in [1.54, 1.807) is 20.4 Å². The van der Waals surface area contributed by atoms with E-state index in [-0.39, 0.29) is 36.5 Å². The summed E-state index contributed by atoms with van der Waals surface area (Å²) in [5, 5.41) is 31.1. The quantitative estimate of drug-likeness (QED) is 0.0430. The molecule has 10 aromatic rings. The summed E-state index contributed by atoms with van der Waals surface area (Å²) in [6, 6.07) is 49.5. The molecule has 0 amide bonds. The molecule has 10 atom stereocenters. The monoisotopic (exact) mass is 1490 g/mol. The molecule has 444 valence electrons. The number of ether oxygens (including phenoxy) is 2. The van der Waals surface area contributed by atoms with Gasteiger partial charge in [0.05, 0.1) is 66.5 Å². The fraction of sp³-hybridized carbons (Fsp3) is 0.324. The maximum Gasteiger partial charge on any atom is 0.131 e. The minimum atomic E-state index is -0.615. The molecule has 10 heterocycles. The van der Waals surface area contributed by atoms with Crippen LogP contribution in [-0.4, -0.2) is 102 Å². The van der Waals surface area contributed by atoms with Crippen LogP contribution in [-0.2, 0) is 11.9 Å². The molecule has 4 bridgehead atoms. The van der Waals surface area contributed by atoms with Crippen LogP contribution >= 0.6 is 61.1 Å². The SMILES string of the molecule is BrCc1c2ccccc2nc2ccccc12.C.C=CC1CN2CC[C@H]1C[C@H]2[C@H](O)c1ccnc2ccc(OC)cc12.C=C[C@H]1C[N@+]2(Cc3c4ccccc4nc4ccccc34)CC[C@H]1C[C@H]2[C@H](O)c1ccnc2ccc(OC)cc12.CI.CI.[Br-]. The lowest BCUT2D eigenvalue weighted by atomic mass is 9.71. The number of para-hydroxylation sites is 4. The van der Waals surface area contributed by atoms with E-state index in [4.69, 9.17) is 14.5 Å². The first kappa shape index (κ1) is 65.8. The Hall–Kier alpha value is -5.18. The van der Waals surface area contributed by atoms with Crippen LogP contribution in [0.15, 0.2) is 183 Å². The number of halogens is 4. The van der Waals surface area contributed by atoms with E-state index in [0.717, 1.165) is 128 Å². The summed E-state index contributed by atoms with van der Waals surface area (Å²) >= 11 is 7.87. The number of nitrogens with zero attached hydrogens (tertiary/aromatic N) is 6. The highest BCUT2D eigenvalue weighted by molar-refractivity contribution is 14.1. The fourth-order valence-corrected chi connectivity index (χ4v) is 14.7. The molecule has 16 rings (SSSR count). The largest absolute Gasteiger partial charge is 1.00 e. The van der Waals surface area contributed by atoms with Crippen molar-refractivity contribution in [3.8, 4) is 11.5 Å². The first-order valence-corrected chi connectivity index (χ1v) is 34.1. The van der Waals surface area contributed by atoms with Crippen molar-refractivity contribution >= 4 is 127 Å². The highest BCUT2D eigenvalue weighted by Gasteiger charge is 2.54. The highest BCUT2D eigenvalue weighted by atomic mass is 127. The average molecular weight is 1490 g/mol. The predicted molar refractivity (Wildman–Crippen MR) is 370 cm³/mol. The van der Waals surface area contributed by atoms with Crippen molar-refractivity contribution < 1.29 is 41.2 Å². The average Bonchev–Trinajstić information content (AvgIpc) is 0.938. The molecule has 14 heteroatoms. The number of alkyl halides is 3. The van der Waals surface area contributed by atoms with Crippen LogP contribution in [0.5, 0.6) is 11.5 Å². The molecule has 0 spiro atoms. The molecule has 2 N–H and O–H groups in total. The van der Waals surface area contributed by atoms with Gasteiger partial charge in [0, 0.05) is 87.0 Å². The van der Waals surface area contributed by atoms with Crippen molar-refractivity contribution in [3.05, 3.63) is 206 Å². The lowest BCUT2D eigenvalue weighted by Crippen LogP contribution is -3.00. The number of aromatic nitrogens is 4. The Morgan fingerprint density at radius 1 is 0.600 bits per heavy atom. The van der Waals surface area contributed by atoms with Crippen LogP contribution in [0.4, 0.5) is 0 Å². The Kier molecular flexibility index (Phi) is 23.3. The van der Waals surface area contributed by atoms with Crippen LogP contribution in [0, 0.1) is 23.7 Å². The maximum absolute atomic E-state index is 12.2. The molecular formula is C71H78Br2I2N6O4. The summed E-state index contributed by atoms with van der Waals surface area (Å²) in [7, 11) is 3.34. The Bertz CT molecular complexity index is 3800. The van der Waals surface area contributed by atoms with E-state index in [9.17, 15) is 10.2 Å². The Morgan fingerprint density at radius 3 is 1.51 bits per heavy atom. The van der Waals surface area contributed by atoms with Crippen molar-refractivity contribution in [3.63, 3.8) is 0 Å². The predicted octanol–water partition coefficient (Wildman–Crippen LogP) is 13.8. The molecule has 6 fully saturated rings. The lowest BCUT2D eigenvalue weighted by molar-refractivity contribution is -0.984. The zero-order chi connectivity index (χ0) is 58.2. The zero-order valence-corrected chi connectivity index (χ0v) is 55.7. The number of hydrogen-bond acceptors (Lipinski definition) is 9. The van der Waals surface area contributed by atoms with Gasteiger partial charge in [0.15, 0.2) is 0 Å². The van der Waals surface area contributed by atoms with E-state index < -0.39 is 12.2 Å². The van der Waals surface area contributed by atoms with Crippen LogP contribution in [0.1, 0.15) is 67.6 Å². The van der Waals surface area contributed by atoms with Gasteiger partial charge in [0.2, 0.25) is 0 Å². The van der Waals surface area contributed by atoms with Crippen molar-refractivity contribution in [1.29, 1.82) is 0 Å². The fourth-order valence-electron chi connectivity index (χ4n) is 14.0. The van der Waals surface area contributed by atoms with Gasteiger partial charge >= 0.3 is 0 Å². The van der Waals surface area contributed by atoms with E-state index in [2.05, 4.69) is 191 Å². The smallest absolute Gasteiger partial charge is 0.131 e. The first-order valence-electron chi connectivity index (χ1n) is 28.6. The third-order valence-corrected chi connectivity index (χ3v) is 18.7. The number of rotatable bonds is 11. The van der Waals surface area contributed by atoms with Gasteiger partial charge in [-0.2, -0.15) is 0 Å². The standard InChI is InChI=1S/C34H34N3O2.C20H24N2O2.C14H10BrN.2CH3I.CH4.BrH/c1-3-22-20-37(21-29-25-8-4-6-10-31(25)36-32-11-7-5-9-26(29)32)17-15-23(22)18-33(37)34(38)27-14-16-35-30-13-12-24(39-2)19-28(27)30;1-3-13-12-22-9-7-14(13)10-19(22)20(23)16-6-8-21-18-5-4-15(24-2)11-17(16)18;15-9-12-10-5-1-3-7-13(10)16-14-8-4-2-6-11(12)14;2*1-2;;/h3-14,16,19,22-23,33-34,38H,1,15,17-18,20-21H2,2H3;3-6,8,11,13-14,19-20,23H,1,7,9-10,12H2,2H3;1-8H,9H2;2*1H3;1H4;1H/q+1;;;;;;/p-1/t22-,23-,33-,34+,37-;13?,14-,19-,20+;;;;;/m00...../s1. The highest BCUT2D eigenvalue weighted by Crippen LogP contribution is 2.49. The van der Waals surface area contributed by atoms with Crippen molar-refractivity contribution in [2.75, 3.05) is 50.3 Å². The van der Waals surface area contributed by atoms with Crippen molar-refractivity contribution in [2.24, 2.45) is 23.7 Å². The Balaban J connectivity index is 0.000000174. The normalized spacial score (nSPS) is 22.3. The van der Waals surface area contributed by atoms with Crippen LogP contribution < -0.4 is 26.5 Å². The molecule has 6 aliphatic heterocycles. The number of hydrogen-bond donors (Lipinski definition) is 2. The van der Waals surface area contributed by atoms with Gasteiger partial charge in [-0.25, -0.2) is 9.97 Å². The van der Waals surface area contributed by atoms with Gasteiger partial charge in [-0.3, -0.25) is 14.9 Å². The van der Waals surface area contributed by atoms with E-state index in [1.807, 2.05) is 76.7 Å². The molecule has 4 aromatic heterocycles. The Labute approximate surface area is 548 Å². The van der Waals surface area contributed by atoms with E-state index in [1.165, 1.54) is 39.1 Å². The number of pyridine rings is 4. The summed E-state index contributed by atoms with van der Waals surface area (Å²) in [5.41, 5.74) is 10.5. The number of methoxy groups -OCH3 is 2. The van der Waals surface area contributed by atoms with Crippen molar-refractivity contribution in [1.82, 2.24) is 24.8 Å². The first-order chi connectivity index (χ1) is 40.7. The number of piperidine rings is 6. The maximum atomic E-state index is 12.2. The molecule has 85 heavy (non-hydrogen) atoms. The number of aliphatic hydroxyl groups is 2. The summed E-state index contributed by atoms with van der Waals surface area (Å²) in [4.78, 5) is 25.0. The third-order valence-electron chi connectivity index (χ3n) is 18.2. The van der Waals surface area contributed by atoms with Crippen LogP contribution in [0.25, 0.3) is 65.4 Å². The number of aliphatic hydroxyl groups excluding tert-OH is 2. The molecule has 10 nitrogen and oxygen atoms in total. The van der Waals surface area contributed by atoms with Crippen molar-refractivity contribution in [2.45, 2.75) is 69.3 Å². The number of benzene rings is 6. The minimum absolute atomic E-state index is 0. The van der Waals surface area contributed by atoms with E-state index >= 15 is 0 Å². The Morgan fingerprint density at radius 2 is 1.06 bits per heavy atom. The van der Waals surface area contributed by atoms with E-state index in [0.29, 0.717) is 23.7 Å². The lowest BCUT2D eigenvalue weighted by Gasteiger charge is -2.58. The summed E-state index contributed by atoms with van der Waals surface area (Å²) in [5.74, 6) is 3.79. The molecule has 2 unspecified atom stereocenters. The van der Waals surface area contributed by atoms with Gasteiger partial charge in [0.1, 0.15) is 30.2 Å². The second-order valence-electron chi connectivity index (χ2n) is 22.1. The van der Waals surface area contributed by atoms with Gasteiger partial charge < -0.3 is 41.2 Å². The second kappa shape index (κ2) is 30.2. The molecule has 6 aliphatic rings. The zero-order valence-electron chi connectivity index (χ0n) is 48.2. The minimum Gasteiger partial charge on any atom is -1.00 e. The molecule has 0 saturated carbocycles. The molecule has 0 radical (unpaired) electrons. The van der Waals surface area contributed by atoms with Gasteiger partial charge in [-0.15, -0.1) is 13.2 Å². The van der Waals surface area contributed by atoms with Crippen LogP contribution in [0.2, 0.25) is 0 Å².